The maximum absolute atomic E-state index is 12.3. The first-order chi connectivity index (χ1) is 12.0. The normalized spacial score (nSPS) is 14.9. The average molecular weight is 405 g/mol. The molecule has 1 aromatic heterocycles. The number of hydrazine groups is 1. The maximum atomic E-state index is 12.3. The number of hydrogen-bond acceptors (Lipinski definition) is 5. The number of carbonyl (C=O) groups excluding carboxylic acids is 2. The Morgan fingerprint density at radius 3 is 2.72 bits per heavy atom. The van der Waals surface area contributed by atoms with Gasteiger partial charge in [0.25, 0.3) is 5.91 Å². The Kier molecular flexibility index (Phi) is 5.00. The smallest absolute Gasteiger partial charge is 0.301 e. The van der Waals surface area contributed by atoms with E-state index in [0.29, 0.717) is 39.9 Å². The molecule has 0 bridgehead atoms. The zero-order valence-corrected chi connectivity index (χ0v) is 15.1. The lowest BCUT2D eigenvalue weighted by Crippen LogP contribution is -2.30. The van der Waals surface area contributed by atoms with E-state index in [1.54, 1.807) is 25.1 Å². The first-order valence-electron chi connectivity index (χ1n) is 7.78. The van der Waals surface area contributed by atoms with Crippen LogP contribution in [0.5, 0.6) is 0 Å². The molecule has 2 aromatic rings. The van der Waals surface area contributed by atoms with Crippen molar-refractivity contribution in [1.29, 1.82) is 0 Å². The van der Waals surface area contributed by atoms with Crippen molar-refractivity contribution in [2.45, 2.75) is 26.2 Å². The Labute approximate surface area is 152 Å². The molecule has 8 heteroatoms. The summed E-state index contributed by atoms with van der Waals surface area (Å²) in [6, 6.07) is 7.11. The lowest BCUT2D eigenvalue weighted by molar-refractivity contribution is 0.0921. The largest absolute Gasteiger partial charge is 0.455 e. The summed E-state index contributed by atoms with van der Waals surface area (Å²) in [5, 5.41) is 4.27. The highest BCUT2D eigenvalue weighted by atomic mass is 79.9. The zero-order valence-electron chi connectivity index (χ0n) is 13.6. The molecule has 25 heavy (non-hydrogen) atoms. The Morgan fingerprint density at radius 2 is 2.00 bits per heavy atom. The van der Waals surface area contributed by atoms with Crippen LogP contribution in [0.25, 0.3) is 0 Å². The highest BCUT2D eigenvalue weighted by Gasteiger charge is 2.27. The molecule has 130 valence electrons. The van der Waals surface area contributed by atoms with Gasteiger partial charge in [-0.2, -0.15) is 5.10 Å². The summed E-state index contributed by atoms with van der Waals surface area (Å²) < 4.78 is 6.33. The van der Waals surface area contributed by atoms with Crippen LogP contribution in [0.2, 0.25) is 0 Å². The lowest BCUT2D eigenvalue weighted by atomic mass is 9.93. The monoisotopic (exact) mass is 404 g/mol. The number of halogens is 1. The number of hydrazone groups is 1. The van der Waals surface area contributed by atoms with Gasteiger partial charge in [-0.1, -0.05) is 12.1 Å². The van der Waals surface area contributed by atoms with E-state index in [1.165, 1.54) is 0 Å². The summed E-state index contributed by atoms with van der Waals surface area (Å²) >= 11 is 3.35. The molecule has 0 saturated carbocycles. The third kappa shape index (κ3) is 3.35. The molecule has 1 aromatic carbocycles. The molecule has 0 aliphatic heterocycles. The van der Waals surface area contributed by atoms with Crippen molar-refractivity contribution < 1.29 is 14.0 Å². The standard InChI is InChI=1S/C17H17BrN4O3/c1-9-14-12(7-4-8-13(14)25-15(9)17(24)20-19)21-22-16(23)10-5-2-3-6-11(10)18/h2-3,5-6H,4,7-8,19H2,1H3,(H,20,24)(H,22,23)/b21-12+. The van der Waals surface area contributed by atoms with Crippen LogP contribution >= 0.6 is 15.9 Å². The molecule has 1 aliphatic rings. The topological polar surface area (TPSA) is 110 Å². The molecule has 7 nitrogen and oxygen atoms in total. The number of furan rings is 1. The van der Waals surface area contributed by atoms with Crippen LogP contribution in [0.3, 0.4) is 0 Å². The fourth-order valence-corrected chi connectivity index (χ4v) is 3.35. The van der Waals surface area contributed by atoms with Gasteiger partial charge >= 0.3 is 5.91 Å². The maximum Gasteiger partial charge on any atom is 0.301 e. The van der Waals surface area contributed by atoms with Crippen molar-refractivity contribution in [2.75, 3.05) is 0 Å². The Bertz CT molecular complexity index is 873. The zero-order chi connectivity index (χ0) is 18.0. The first-order valence-corrected chi connectivity index (χ1v) is 8.57. The van der Waals surface area contributed by atoms with Crippen LogP contribution in [-0.2, 0) is 6.42 Å². The molecule has 0 atom stereocenters. The van der Waals surface area contributed by atoms with Crippen molar-refractivity contribution in [1.82, 2.24) is 10.9 Å². The molecule has 0 unspecified atom stereocenters. The number of nitrogen functional groups attached to an aromatic ring is 1. The SMILES string of the molecule is Cc1c(C(=O)NN)oc2c1/C(=N/NC(=O)c1ccccc1Br)CCC2. The molecule has 3 rings (SSSR count). The number of carbonyl (C=O) groups is 2. The molecule has 0 radical (unpaired) electrons. The van der Waals surface area contributed by atoms with Gasteiger partial charge in [0.05, 0.1) is 11.3 Å². The lowest BCUT2D eigenvalue weighted by Gasteiger charge is -2.13. The summed E-state index contributed by atoms with van der Waals surface area (Å²) in [6.45, 7) is 1.78. The second kappa shape index (κ2) is 7.20. The third-order valence-electron chi connectivity index (χ3n) is 4.07. The van der Waals surface area contributed by atoms with E-state index in [0.717, 1.165) is 12.0 Å². The highest BCUT2D eigenvalue weighted by Crippen LogP contribution is 2.29. The summed E-state index contributed by atoms with van der Waals surface area (Å²) in [7, 11) is 0. The number of nitrogens with one attached hydrogen (secondary N) is 2. The Morgan fingerprint density at radius 1 is 1.24 bits per heavy atom. The predicted molar refractivity (Wildman–Crippen MR) is 96.2 cm³/mol. The third-order valence-corrected chi connectivity index (χ3v) is 4.77. The summed E-state index contributed by atoms with van der Waals surface area (Å²) in [5.41, 5.74) is 7.30. The van der Waals surface area contributed by atoms with Gasteiger partial charge in [0.1, 0.15) is 5.76 Å². The second-order valence-corrected chi connectivity index (χ2v) is 6.51. The molecular weight excluding hydrogens is 388 g/mol. The molecule has 2 amide bonds. The van der Waals surface area contributed by atoms with E-state index < -0.39 is 5.91 Å². The van der Waals surface area contributed by atoms with E-state index in [4.69, 9.17) is 10.3 Å². The number of amides is 2. The van der Waals surface area contributed by atoms with Crippen LogP contribution in [0.4, 0.5) is 0 Å². The van der Waals surface area contributed by atoms with Gasteiger partial charge in [0, 0.05) is 22.0 Å². The number of aryl methyl sites for hydroxylation is 1. The summed E-state index contributed by atoms with van der Waals surface area (Å²) in [5.74, 6) is 5.27. The summed E-state index contributed by atoms with van der Waals surface area (Å²) in [6.07, 6.45) is 2.23. The molecule has 1 heterocycles. The van der Waals surface area contributed by atoms with E-state index in [9.17, 15) is 9.59 Å². The van der Waals surface area contributed by atoms with Crippen LogP contribution in [0.15, 0.2) is 38.3 Å². The number of hydrogen-bond donors (Lipinski definition) is 3. The molecule has 0 fully saturated rings. The van der Waals surface area contributed by atoms with Crippen LogP contribution in [-0.4, -0.2) is 17.5 Å². The molecule has 0 spiro atoms. The average Bonchev–Trinajstić information content (AvgIpc) is 2.97. The van der Waals surface area contributed by atoms with Gasteiger partial charge in [-0.15, -0.1) is 0 Å². The highest BCUT2D eigenvalue weighted by molar-refractivity contribution is 9.10. The van der Waals surface area contributed by atoms with Crippen LogP contribution in [0, 0.1) is 6.92 Å². The Hall–Kier alpha value is -2.45. The van der Waals surface area contributed by atoms with Crippen LogP contribution < -0.4 is 16.7 Å². The number of nitrogens with two attached hydrogens (primary N) is 1. The number of benzene rings is 1. The van der Waals surface area contributed by atoms with Gasteiger partial charge in [-0.05, 0) is 47.8 Å². The van der Waals surface area contributed by atoms with Crippen molar-refractivity contribution in [3.8, 4) is 0 Å². The predicted octanol–water partition coefficient (Wildman–Crippen LogP) is 2.42. The van der Waals surface area contributed by atoms with Crippen molar-refractivity contribution >= 4 is 33.5 Å². The van der Waals surface area contributed by atoms with E-state index in [2.05, 4.69) is 31.9 Å². The van der Waals surface area contributed by atoms with E-state index in [-0.39, 0.29) is 11.7 Å². The fourth-order valence-electron chi connectivity index (χ4n) is 2.89. The molecule has 4 N–H and O–H groups in total. The van der Waals surface area contributed by atoms with Crippen molar-refractivity contribution in [3.63, 3.8) is 0 Å². The number of rotatable bonds is 3. The molecular formula is C17H17BrN4O3. The quantitative estimate of drug-likeness (QED) is 0.414. The fraction of sp³-hybridized carbons (Fsp3) is 0.235. The van der Waals surface area contributed by atoms with E-state index in [1.807, 2.05) is 6.07 Å². The Balaban J connectivity index is 1.89. The molecule has 0 saturated heterocycles. The van der Waals surface area contributed by atoms with Crippen molar-refractivity contribution in [2.24, 2.45) is 10.9 Å². The van der Waals surface area contributed by atoms with Gasteiger partial charge in [-0.3, -0.25) is 15.0 Å². The van der Waals surface area contributed by atoms with Gasteiger partial charge in [-0.25, -0.2) is 11.3 Å². The minimum atomic E-state index is -0.483. The number of fused-ring (bicyclic) bond motifs is 1. The minimum Gasteiger partial charge on any atom is -0.455 e. The van der Waals surface area contributed by atoms with Gasteiger partial charge < -0.3 is 4.42 Å². The first kappa shape index (κ1) is 17.4. The van der Waals surface area contributed by atoms with Gasteiger partial charge in [0.15, 0.2) is 5.76 Å². The van der Waals surface area contributed by atoms with Crippen LogP contribution in [0.1, 0.15) is 50.6 Å². The second-order valence-electron chi connectivity index (χ2n) is 5.66. The minimum absolute atomic E-state index is 0.180. The van der Waals surface area contributed by atoms with Crippen molar-refractivity contribution in [3.05, 3.63) is 56.9 Å². The van der Waals surface area contributed by atoms with E-state index >= 15 is 0 Å². The van der Waals surface area contributed by atoms with Gasteiger partial charge in [0.2, 0.25) is 0 Å². The summed E-state index contributed by atoms with van der Waals surface area (Å²) in [4.78, 5) is 24.1. The molecule has 1 aliphatic carbocycles. The number of nitrogens with zero attached hydrogens (tertiary/aromatic N) is 1.